The van der Waals surface area contributed by atoms with Crippen molar-refractivity contribution >= 4 is 34.9 Å². The van der Waals surface area contributed by atoms with E-state index in [-0.39, 0.29) is 4.75 Å². The number of phenolic OH excluding ortho intramolecular Hbond substituents is 1. The van der Waals surface area contributed by atoms with Gasteiger partial charge >= 0.3 is 0 Å². The molecule has 2 nitrogen and oxygen atoms in total. The topological polar surface area (TPSA) is 23.5 Å². The molecule has 0 fully saturated rings. The van der Waals surface area contributed by atoms with Crippen LogP contribution in [0.3, 0.4) is 0 Å². The predicted octanol–water partition coefficient (Wildman–Crippen LogP) is 7.97. The third kappa shape index (κ3) is 5.21. The molecule has 2 aromatic carbocycles. The molecule has 1 unspecified atom stereocenters. The highest BCUT2D eigenvalue weighted by Gasteiger charge is 2.37. The van der Waals surface area contributed by atoms with Gasteiger partial charge in [-0.25, -0.2) is 0 Å². The van der Waals surface area contributed by atoms with E-state index in [1.807, 2.05) is 37.9 Å². The van der Waals surface area contributed by atoms with Gasteiger partial charge in [0, 0.05) is 21.9 Å². The van der Waals surface area contributed by atoms with Gasteiger partial charge in [0.1, 0.15) is 5.75 Å². The Balaban J connectivity index is 0.00000136. The van der Waals surface area contributed by atoms with Crippen LogP contribution in [-0.2, 0) is 0 Å². The Kier molecular flexibility index (Phi) is 8.63. The van der Waals surface area contributed by atoms with Crippen molar-refractivity contribution in [2.24, 2.45) is 5.92 Å². The standard InChI is InChI=1S/C22H29NOS2.C2H6/c1-5-6-10-16-15-23(17-11-8-7-9-12-17)18-13-21(25-4)19(24)14-20(18)26-22(16,2)3;1-2/h7-9,11-14,16,24H,5-6,10,15H2,1-4H3;1-2H3. The Bertz CT molecular complexity index is 746. The van der Waals surface area contributed by atoms with Crippen LogP contribution >= 0.6 is 23.5 Å². The quantitative estimate of drug-likeness (QED) is 0.498. The van der Waals surface area contributed by atoms with Crippen LogP contribution in [0.15, 0.2) is 52.3 Å². The summed E-state index contributed by atoms with van der Waals surface area (Å²) in [4.78, 5) is 4.57. The molecule has 28 heavy (non-hydrogen) atoms. The number of benzene rings is 2. The molecule has 154 valence electrons. The van der Waals surface area contributed by atoms with E-state index in [4.69, 9.17) is 0 Å². The SMILES string of the molecule is CC.CCCCC1CN(c2ccccc2)c2cc(SC)c(O)cc2SC1(C)C. The highest BCUT2D eigenvalue weighted by atomic mass is 32.2. The number of unbranched alkanes of at least 4 members (excludes halogenated alkanes) is 1. The molecule has 1 aliphatic rings. The van der Waals surface area contributed by atoms with Crippen molar-refractivity contribution in [3.63, 3.8) is 0 Å². The van der Waals surface area contributed by atoms with Crippen LogP contribution in [0.5, 0.6) is 5.75 Å². The number of fused-ring (bicyclic) bond motifs is 1. The normalized spacial score (nSPS) is 17.9. The first kappa shape index (κ1) is 23.0. The van der Waals surface area contributed by atoms with Gasteiger partial charge in [-0.1, -0.05) is 65.7 Å². The molecule has 3 rings (SSSR count). The van der Waals surface area contributed by atoms with Crippen LogP contribution < -0.4 is 4.90 Å². The fourth-order valence-electron chi connectivity index (χ4n) is 3.64. The van der Waals surface area contributed by atoms with E-state index in [9.17, 15) is 5.11 Å². The fourth-order valence-corrected chi connectivity index (χ4v) is 5.51. The largest absolute Gasteiger partial charge is 0.507 e. The molecule has 1 heterocycles. The van der Waals surface area contributed by atoms with E-state index < -0.39 is 0 Å². The third-order valence-corrected chi connectivity index (χ3v) is 7.46. The Morgan fingerprint density at radius 2 is 1.86 bits per heavy atom. The zero-order valence-corrected chi connectivity index (χ0v) is 19.8. The van der Waals surface area contributed by atoms with Gasteiger partial charge < -0.3 is 10.0 Å². The maximum absolute atomic E-state index is 10.4. The smallest absolute Gasteiger partial charge is 0.130 e. The van der Waals surface area contributed by atoms with Crippen LogP contribution in [0.4, 0.5) is 11.4 Å². The summed E-state index contributed by atoms with van der Waals surface area (Å²) in [6.07, 6.45) is 5.74. The molecule has 1 atom stereocenters. The minimum atomic E-state index is 0.126. The van der Waals surface area contributed by atoms with Crippen molar-refractivity contribution in [2.75, 3.05) is 17.7 Å². The molecule has 2 aromatic rings. The van der Waals surface area contributed by atoms with Crippen molar-refractivity contribution < 1.29 is 5.11 Å². The minimum absolute atomic E-state index is 0.126. The molecule has 0 spiro atoms. The van der Waals surface area contributed by atoms with Gasteiger partial charge in [-0.15, -0.1) is 23.5 Å². The fraction of sp³-hybridized carbons (Fsp3) is 0.500. The maximum atomic E-state index is 10.4. The second-order valence-corrected chi connectivity index (χ2v) is 10.0. The number of thioether (sulfide) groups is 2. The summed E-state index contributed by atoms with van der Waals surface area (Å²) in [6.45, 7) is 12.0. The lowest BCUT2D eigenvalue weighted by atomic mass is 9.89. The molecular weight excluding hydrogens is 382 g/mol. The molecule has 0 radical (unpaired) electrons. The third-order valence-electron chi connectivity index (χ3n) is 5.28. The summed E-state index contributed by atoms with van der Waals surface area (Å²) in [5.41, 5.74) is 2.45. The van der Waals surface area contributed by atoms with Crippen LogP contribution in [0.25, 0.3) is 0 Å². The summed E-state index contributed by atoms with van der Waals surface area (Å²) in [7, 11) is 0. The van der Waals surface area contributed by atoms with E-state index in [1.54, 1.807) is 11.8 Å². The highest BCUT2D eigenvalue weighted by molar-refractivity contribution is 8.01. The number of rotatable bonds is 5. The number of hydrogen-bond acceptors (Lipinski definition) is 4. The summed E-state index contributed by atoms with van der Waals surface area (Å²) in [5, 5.41) is 10.4. The average molecular weight is 418 g/mol. The Morgan fingerprint density at radius 3 is 2.46 bits per heavy atom. The van der Waals surface area contributed by atoms with Crippen molar-refractivity contribution in [1.82, 2.24) is 0 Å². The van der Waals surface area contributed by atoms with Gasteiger partial charge in [0.05, 0.1) is 10.6 Å². The van der Waals surface area contributed by atoms with Crippen molar-refractivity contribution in [2.45, 2.75) is 68.4 Å². The minimum Gasteiger partial charge on any atom is -0.507 e. The van der Waals surface area contributed by atoms with Gasteiger partial charge in [-0.3, -0.25) is 0 Å². The van der Waals surface area contributed by atoms with Crippen LogP contribution in [0, 0.1) is 5.92 Å². The lowest BCUT2D eigenvalue weighted by Crippen LogP contribution is -2.34. The van der Waals surface area contributed by atoms with Crippen LogP contribution in [0.1, 0.15) is 53.9 Å². The van der Waals surface area contributed by atoms with E-state index in [0.717, 1.165) is 11.4 Å². The van der Waals surface area contributed by atoms with Gasteiger partial charge in [0.15, 0.2) is 0 Å². The molecule has 0 saturated carbocycles. The lowest BCUT2D eigenvalue weighted by molar-refractivity contribution is 0.392. The summed E-state index contributed by atoms with van der Waals surface area (Å²) in [5.74, 6) is 0.972. The lowest BCUT2D eigenvalue weighted by Gasteiger charge is -2.34. The Morgan fingerprint density at radius 1 is 1.18 bits per heavy atom. The van der Waals surface area contributed by atoms with Crippen molar-refractivity contribution in [3.8, 4) is 5.75 Å². The van der Waals surface area contributed by atoms with E-state index in [0.29, 0.717) is 11.7 Å². The van der Waals surface area contributed by atoms with Crippen molar-refractivity contribution in [3.05, 3.63) is 42.5 Å². The number of anilines is 2. The summed E-state index contributed by atoms with van der Waals surface area (Å²) < 4.78 is 0.126. The predicted molar refractivity (Wildman–Crippen MR) is 128 cm³/mol. The second-order valence-electron chi connectivity index (χ2n) is 7.48. The Labute approximate surface area is 180 Å². The van der Waals surface area contributed by atoms with Crippen molar-refractivity contribution in [1.29, 1.82) is 0 Å². The number of aromatic hydroxyl groups is 1. The molecule has 0 amide bonds. The second kappa shape index (κ2) is 10.5. The van der Waals surface area contributed by atoms with Gasteiger partial charge in [-0.05, 0) is 42.9 Å². The summed E-state index contributed by atoms with van der Waals surface area (Å²) >= 11 is 3.52. The molecule has 4 heteroatoms. The Hall–Kier alpha value is -1.26. The molecule has 0 saturated heterocycles. The van der Waals surface area contributed by atoms with Crippen LogP contribution in [-0.4, -0.2) is 22.7 Å². The number of hydrogen-bond donors (Lipinski definition) is 1. The number of nitrogens with zero attached hydrogens (tertiary/aromatic N) is 1. The maximum Gasteiger partial charge on any atom is 0.130 e. The molecular formula is C24H35NOS2. The molecule has 1 aliphatic heterocycles. The van der Waals surface area contributed by atoms with Crippen LogP contribution in [0.2, 0.25) is 0 Å². The molecule has 0 bridgehead atoms. The average Bonchev–Trinajstić information content (AvgIpc) is 2.80. The molecule has 0 aromatic heterocycles. The van der Waals surface area contributed by atoms with E-state index >= 15 is 0 Å². The summed E-state index contributed by atoms with van der Waals surface area (Å²) in [6, 6.07) is 14.8. The van der Waals surface area contributed by atoms with E-state index in [2.05, 4.69) is 62.1 Å². The first-order valence-corrected chi connectivity index (χ1v) is 12.4. The van der Waals surface area contributed by atoms with Gasteiger partial charge in [-0.2, -0.15) is 0 Å². The molecule has 1 N–H and O–H groups in total. The van der Waals surface area contributed by atoms with E-state index in [1.165, 1.54) is 35.5 Å². The first-order chi connectivity index (χ1) is 13.5. The number of phenols is 1. The monoisotopic (exact) mass is 417 g/mol. The molecule has 0 aliphatic carbocycles. The zero-order chi connectivity index (χ0) is 20.7. The number of para-hydroxylation sites is 1. The van der Waals surface area contributed by atoms with Gasteiger partial charge in [0.25, 0.3) is 0 Å². The van der Waals surface area contributed by atoms with Gasteiger partial charge in [0.2, 0.25) is 0 Å². The highest BCUT2D eigenvalue weighted by Crippen LogP contribution is 2.51. The first-order valence-electron chi connectivity index (χ1n) is 10.4. The zero-order valence-electron chi connectivity index (χ0n) is 18.2.